The molecule has 3 rings (SSSR count). The number of carbonyl (C=O) groups excluding carboxylic acids is 1. The summed E-state index contributed by atoms with van der Waals surface area (Å²) in [4.78, 5) is 15.6. The quantitative estimate of drug-likeness (QED) is 0.580. The molecule has 2 heterocycles. The third-order valence-corrected chi connectivity index (χ3v) is 2.85. The molecule has 0 bridgehead atoms. The lowest BCUT2D eigenvalue weighted by Gasteiger charge is -1.93. The molecule has 0 aliphatic heterocycles. The molecule has 1 aromatic carbocycles. The number of Topliss-reactive ketones (excluding diaryl/α,β-unsaturated/α-hetero) is 1. The molecule has 3 aromatic rings. The van der Waals surface area contributed by atoms with E-state index in [2.05, 4.69) is 4.98 Å². The van der Waals surface area contributed by atoms with Crippen molar-refractivity contribution in [3.05, 3.63) is 36.2 Å². The van der Waals surface area contributed by atoms with E-state index in [-0.39, 0.29) is 5.78 Å². The number of fused-ring (bicyclic) bond motifs is 3. The first kappa shape index (κ1) is 9.15. The summed E-state index contributed by atoms with van der Waals surface area (Å²) in [5, 5.41) is 0. The van der Waals surface area contributed by atoms with Crippen LogP contribution in [0.25, 0.3) is 16.8 Å². The van der Waals surface area contributed by atoms with Crippen LogP contribution < -0.4 is 0 Å². The summed E-state index contributed by atoms with van der Waals surface area (Å²) < 4.78 is 3.94. The van der Waals surface area contributed by atoms with Gasteiger partial charge in [0.05, 0.1) is 11.0 Å². The van der Waals surface area contributed by atoms with Crippen molar-refractivity contribution in [2.45, 2.75) is 6.92 Å². The highest BCUT2D eigenvalue weighted by Crippen LogP contribution is 2.19. The minimum Gasteiger partial charge on any atom is -0.313 e. The predicted octanol–water partition coefficient (Wildman–Crippen LogP) is 2.03. The minimum atomic E-state index is -0.00668. The zero-order chi connectivity index (χ0) is 11.3. The van der Waals surface area contributed by atoms with Gasteiger partial charge in [0.1, 0.15) is 5.69 Å². The van der Waals surface area contributed by atoms with Crippen molar-refractivity contribution in [1.82, 2.24) is 14.0 Å². The highest BCUT2D eigenvalue weighted by molar-refractivity contribution is 5.93. The van der Waals surface area contributed by atoms with Gasteiger partial charge in [-0.05, 0) is 12.1 Å². The molecule has 0 N–H and O–H groups in total. The number of ketones is 1. The van der Waals surface area contributed by atoms with Gasteiger partial charge in [-0.2, -0.15) is 0 Å². The van der Waals surface area contributed by atoms with Crippen molar-refractivity contribution < 1.29 is 4.79 Å². The number of aromatic nitrogens is 3. The normalized spacial score (nSPS) is 11.4. The molecule has 4 nitrogen and oxygen atoms in total. The molecule has 0 atom stereocenters. The van der Waals surface area contributed by atoms with Gasteiger partial charge in [-0.1, -0.05) is 12.1 Å². The maximum absolute atomic E-state index is 11.3. The van der Waals surface area contributed by atoms with Crippen molar-refractivity contribution in [3.8, 4) is 0 Å². The number of aryl methyl sites for hydroxylation is 1. The van der Waals surface area contributed by atoms with Crippen LogP contribution >= 0.6 is 0 Å². The zero-order valence-electron chi connectivity index (χ0n) is 9.14. The van der Waals surface area contributed by atoms with E-state index in [1.165, 1.54) is 6.92 Å². The topological polar surface area (TPSA) is 39.3 Å². The zero-order valence-corrected chi connectivity index (χ0v) is 9.14. The standard InChI is InChI=1S/C12H11N3O/c1-8(16)9-7-15-11-6-4-3-5-10(11)14(2)12(15)13-9/h3-7H,1-2H3. The molecule has 16 heavy (non-hydrogen) atoms. The largest absolute Gasteiger partial charge is 0.313 e. The second kappa shape index (κ2) is 2.95. The number of para-hydroxylation sites is 2. The number of rotatable bonds is 1. The summed E-state index contributed by atoms with van der Waals surface area (Å²) in [7, 11) is 1.95. The predicted molar refractivity (Wildman–Crippen MR) is 61.7 cm³/mol. The van der Waals surface area contributed by atoms with Crippen molar-refractivity contribution in [2.24, 2.45) is 7.05 Å². The van der Waals surface area contributed by atoms with Crippen LogP contribution in [0.3, 0.4) is 0 Å². The fourth-order valence-electron chi connectivity index (χ4n) is 2.01. The molecule has 0 unspecified atom stereocenters. The monoisotopic (exact) mass is 213 g/mol. The smallest absolute Gasteiger partial charge is 0.215 e. The lowest BCUT2D eigenvalue weighted by Crippen LogP contribution is -1.93. The van der Waals surface area contributed by atoms with Crippen LogP contribution in [0.5, 0.6) is 0 Å². The lowest BCUT2D eigenvalue weighted by molar-refractivity contribution is 0.101. The molecular formula is C12H11N3O. The number of imidazole rings is 2. The van der Waals surface area contributed by atoms with E-state index in [0.29, 0.717) is 5.69 Å². The van der Waals surface area contributed by atoms with Gasteiger partial charge < -0.3 is 4.57 Å². The van der Waals surface area contributed by atoms with E-state index in [9.17, 15) is 4.79 Å². The van der Waals surface area contributed by atoms with Crippen LogP contribution in [0.2, 0.25) is 0 Å². The maximum Gasteiger partial charge on any atom is 0.215 e. The lowest BCUT2D eigenvalue weighted by atomic mass is 10.3. The van der Waals surface area contributed by atoms with Crippen LogP contribution in [-0.4, -0.2) is 19.7 Å². The van der Waals surface area contributed by atoms with E-state index in [1.807, 2.05) is 40.3 Å². The van der Waals surface area contributed by atoms with Crippen molar-refractivity contribution in [3.63, 3.8) is 0 Å². The Kier molecular flexibility index (Phi) is 1.68. The van der Waals surface area contributed by atoms with Gasteiger partial charge in [0.25, 0.3) is 0 Å². The Balaban J connectivity index is 2.49. The van der Waals surface area contributed by atoms with Gasteiger partial charge >= 0.3 is 0 Å². The molecule has 2 aromatic heterocycles. The van der Waals surface area contributed by atoms with Crippen LogP contribution in [-0.2, 0) is 7.05 Å². The van der Waals surface area contributed by atoms with E-state index >= 15 is 0 Å². The first-order chi connectivity index (χ1) is 7.68. The molecule has 0 fully saturated rings. The number of carbonyl (C=O) groups is 1. The summed E-state index contributed by atoms with van der Waals surface area (Å²) in [6, 6.07) is 8.04. The Morgan fingerprint density at radius 1 is 1.25 bits per heavy atom. The van der Waals surface area contributed by atoms with E-state index in [1.54, 1.807) is 6.20 Å². The average Bonchev–Trinajstić information content (AvgIpc) is 2.81. The highest BCUT2D eigenvalue weighted by Gasteiger charge is 2.12. The van der Waals surface area contributed by atoms with Gasteiger partial charge in [-0.3, -0.25) is 9.20 Å². The fourth-order valence-corrected chi connectivity index (χ4v) is 2.01. The number of nitrogens with zero attached hydrogens (tertiary/aromatic N) is 3. The van der Waals surface area contributed by atoms with Crippen LogP contribution in [0.4, 0.5) is 0 Å². The molecule has 0 aliphatic carbocycles. The van der Waals surface area contributed by atoms with Gasteiger partial charge in [-0.25, -0.2) is 4.98 Å². The number of hydrogen-bond donors (Lipinski definition) is 0. The second-order valence-electron chi connectivity index (χ2n) is 3.90. The average molecular weight is 213 g/mol. The van der Waals surface area contributed by atoms with Gasteiger partial charge in [-0.15, -0.1) is 0 Å². The molecule has 0 radical (unpaired) electrons. The van der Waals surface area contributed by atoms with Crippen molar-refractivity contribution in [2.75, 3.05) is 0 Å². The Morgan fingerprint density at radius 2 is 1.94 bits per heavy atom. The molecule has 0 amide bonds. The summed E-state index contributed by atoms with van der Waals surface area (Å²) in [6.07, 6.45) is 1.79. The SMILES string of the molecule is CC(=O)c1cn2c3ccccc3n(C)c2n1. The summed E-state index contributed by atoms with van der Waals surface area (Å²) in [5.74, 6) is 0.791. The Morgan fingerprint density at radius 3 is 2.62 bits per heavy atom. The van der Waals surface area contributed by atoms with E-state index in [4.69, 9.17) is 0 Å². The molecule has 0 spiro atoms. The van der Waals surface area contributed by atoms with Crippen LogP contribution in [0.15, 0.2) is 30.5 Å². The van der Waals surface area contributed by atoms with Crippen molar-refractivity contribution in [1.29, 1.82) is 0 Å². The molecule has 0 saturated carbocycles. The number of benzene rings is 1. The third-order valence-electron chi connectivity index (χ3n) is 2.85. The van der Waals surface area contributed by atoms with E-state index in [0.717, 1.165) is 16.8 Å². The fraction of sp³-hybridized carbons (Fsp3) is 0.167. The minimum absolute atomic E-state index is 0.00668. The Hall–Kier alpha value is -2.10. The first-order valence-corrected chi connectivity index (χ1v) is 5.12. The molecular weight excluding hydrogens is 202 g/mol. The summed E-state index contributed by atoms with van der Waals surface area (Å²) in [5.41, 5.74) is 2.69. The molecule has 80 valence electrons. The second-order valence-corrected chi connectivity index (χ2v) is 3.90. The van der Waals surface area contributed by atoms with E-state index < -0.39 is 0 Å². The van der Waals surface area contributed by atoms with Gasteiger partial charge in [0, 0.05) is 20.2 Å². The highest BCUT2D eigenvalue weighted by atomic mass is 16.1. The first-order valence-electron chi connectivity index (χ1n) is 5.12. The Bertz CT molecular complexity index is 706. The van der Waals surface area contributed by atoms with Crippen molar-refractivity contribution >= 4 is 22.6 Å². The summed E-state index contributed by atoms with van der Waals surface area (Å²) in [6.45, 7) is 1.53. The van der Waals surface area contributed by atoms with Gasteiger partial charge in [0.2, 0.25) is 5.78 Å². The Labute approximate surface area is 92.1 Å². The molecule has 0 aliphatic rings. The summed E-state index contributed by atoms with van der Waals surface area (Å²) >= 11 is 0. The van der Waals surface area contributed by atoms with Crippen LogP contribution in [0, 0.1) is 0 Å². The molecule has 4 heteroatoms. The van der Waals surface area contributed by atoms with Gasteiger partial charge in [0.15, 0.2) is 5.78 Å². The molecule has 0 saturated heterocycles. The maximum atomic E-state index is 11.3. The number of hydrogen-bond acceptors (Lipinski definition) is 2. The van der Waals surface area contributed by atoms with Crippen LogP contribution in [0.1, 0.15) is 17.4 Å². The third kappa shape index (κ3) is 1.04.